The van der Waals surface area contributed by atoms with Crippen molar-refractivity contribution in [3.63, 3.8) is 0 Å². The first-order valence-corrected chi connectivity index (χ1v) is 10.1. The van der Waals surface area contributed by atoms with Gasteiger partial charge in [0, 0.05) is 32.7 Å². The van der Waals surface area contributed by atoms with E-state index < -0.39 is 5.97 Å². The van der Waals surface area contributed by atoms with E-state index in [4.69, 9.17) is 9.84 Å². The van der Waals surface area contributed by atoms with Gasteiger partial charge in [0.05, 0.1) is 25.2 Å². The highest BCUT2D eigenvalue weighted by Crippen LogP contribution is 2.22. The standard InChI is InChI=1S/C21H31N3O4/c1-22(16-20(25)26)14-19-15-24(10-11-28-19)21(27)18-8-5-9-23(13-18)12-17-6-3-2-4-7-17/h2-4,6-7,18-19H,5,8-16H2,1H3,(H,25,26)/t18-,19-/m1/s1. The number of likely N-dealkylation sites (N-methyl/N-ethyl adjacent to an activating group) is 1. The van der Waals surface area contributed by atoms with E-state index in [0.29, 0.717) is 26.2 Å². The van der Waals surface area contributed by atoms with Crippen molar-refractivity contribution in [1.82, 2.24) is 14.7 Å². The summed E-state index contributed by atoms with van der Waals surface area (Å²) in [7, 11) is 1.76. The molecule has 2 atom stereocenters. The summed E-state index contributed by atoms with van der Waals surface area (Å²) in [4.78, 5) is 30.0. The molecule has 0 spiro atoms. The Hall–Kier alpha value is -1.96. The smallest absolute Gasteiger partial charge is 0.317 e. The summed E-state index contributed by atoms with van der Waals surface area (Å²) in [5, 5.41) is 8.90. The van der Waals surface area contributed by atoms with Crippen molar-refractivity contribution in [3.8, 4) is 0 Å². The van der Waals surface area contributed by atoms with Crippen molar-refractivity contribution in [2.75, 3.05) is 52.9 Å². The summed E-state index contributed by atoms with van der Waals surface area (Å²) in [6, 6.07) is 10.4. The van der Waals surface area contributed by atoms with Crippen LogP contribution in [-0.2, 0) is 20.9 Å². The zero-order chi connectivity index (χ0) is 19.9. The van der Waals surface area contributed by atoms with E-state index >= 15 is 0 Å². The zero-order valence-electron chi connectivity index (χ0n) is 16.6. The van der Waals surface area contributed by atoms with Crippen molar-refractivity contribution >= 4 is 11.9 Å². The third-order valence-corrected chi connectivity index (χ3v) is 5.47. The average molecular weight is 389 g/mol. The molecule has 1 amide bonds. The molecule has 7 nitrogen and oxygen atoms in total. The van der Waals surface area contributed by atoms with Crippen molar-refractivity contribution < 1.29 is 19.4 Å². The number of piperidine rings is 1. The lowest BCUT2D eigenvalue weighted by Crippen LogP contribution is -2.53. The number of morpholine rings is 1. The number of rotatable bonds is 7. The molecule has 2 fully saturated rings. The largest absolute Gasteiger partial charge is 0.480 e. The Balaban J connectivity index is 1.51. The molecule has 1 aromatic carbocycles. The number of carboxylic acids is 1. The number of carbonyl (C=O) groups excluding carboxylic acids is 1. The van der Waals surface area contributed by atoms with Gasteiger partial charge in [-0.1, -0.05) is 30.3 Å². The van der Waals surface area contributed by atoms with Crippen LogP contribution in [0.3, 0.4) is 0 Å². The van der Waals surface area contributed by atoms with E-state index in [-0.39, 0.29) is 24.5 Å². The summed E-state index contributed by atoms with van der Waals surface area (Å²) in [5.41, 5.74) is 1.28. The number of aliphatic carboxylic acids is 1. The van der Waals surface area contributed by atoms with Crippen LogP contribution in [0, 0.1) is 5.92 Å². The number of benzene rings is 1. The lowest BCUT2D eigenvalue weighted by molar-refractivity contribution is -0.146. The molecule has 3 rings (SSSR count). The molecule has 2 heterocycles. The molecule has 154 valence electrons. The van der Waals surface area contributed by atoms with Crippen LogP contribution in [0.25, 0.3) is 0 Å². The number of carbonyl (C=O) groups is 2. The lowest BCUT2D eigenvalue weighted by atomic mass is 9.95. The monoisotopic (exact) mass is 389 g/mol. The van der Waals surface area contributed by atoms with Crippen LogP contribution in [0.5, 0.6) is 0 Å². The fraction of sp³-hybridized carbons (Fsp3) is 0.619. The average Bonchev–Trinajstić information content (AvgIpc) is 2.68. The summed E-state index contributed by atoms with van der Waals surface area (Å²) >= 11 is 0. The molecule has 7 heteroatoms. The molecule has 2 saturated heterocycles. The third-order valence-electron chi connectivity index (χ3n) is 5.47. The SMILES string of the molecule is CN(CC(=O)O)C[C@@H]1CN(C(=O)[C@@H]2CCCN(Cc3ccccc3)C2)CCO1. The highest BCUT2D eigenvalue weighted by Gasteiger charge is 2.32. The fourth-order valence-electron chi connectivity index (χ4n) is 4.17. The predicted octanol–water partition coefficient (Wildman–Crippen LogP) is 1.14. The molecular weight excluding hydrogens is 358 g/mol. The summed E-state index contributed by atoms with van der Waals surface area (Å²) in [6.07, 6.45) is 1.84. The van der Waals surface area contributed by atoms with Crippen LogP contribution in [0.1, 0.15) is 18.4 Å². The number of carboxylic acid groups (broad SMARTS) is 1. The van der Waals surface area contributed by atoms with Gasteiger partial charge in [-0.2, -0.15) is 0 Å². The van der Waals surface area contributed by atoms with Crippen molar-refractivity contribution in [2.45, 2.75) is 25.5 Å². The Morgan fingerprint density at radius 3 is 2.75 bits per heavy atom. The number of nitrogens with zero attached hydrogens (tertiary/aromatic N) is 3. The summed E-state index contributed by atoms with van der Waals surface area (Å²) in [5.74, 6) is -0.605. The lowest BCUT2D eigenvalue weighted by Gasteiger charge is -2.39. The number of ether oxygens (including phenoxy) is 1. The van der Waals surface area contributed by atoms with Gasteiger partial charge in [0.2, 0.25) is 5.91 Å². The Labute approximate surface area is 166 Å². The first kappa shape index (κ1) is 20.8. The maximum Gasteiger partial charge on any atom is 0.317 e. The van der Waals surface area contributed by atoms with Gasteiger partial charge in [-0.15, -0.1) is 0 Å². The molecule has 2 aliphatic rings. The second-order valence-electron chi connectivity index (χ2n) is 7.93. The van der Waals surface area contributed by atoms with Crippen LogP contribution < -0.4 is 0 Å². The van der Waals surface area contributed by atoms with E-state index in [1.807, 2.05) is 11.0 Å². The number of amides is 1. The number of likely N-dealkylation sites (tertiary alicyclic amines) is 1. The topological polar surface area (TPSA) is 73.3 Å². The maximum atomic E-state index is 13.1. The van der Waals surface area contributed by atoms with E-state index in [1.54, 1.807) is 11.9 Å². The molecule has 0 unspecified atom stereocenters. The van der Waals surface area contributed by atoms with Crippen LogP contribution in [0.4, 0.5) is 0 Å². The van der Waals surface area contributed by atoms with Gasteiger partial charge in [0.15, 0.2) is 0 Å². The zero-order valence-corrected chi connectivity index (χ0v) is 16.6. The van der Waals surface area contributed by atoms with Gasteiger partial charge in [-0.25, -0.2) is 0 Å². The molecule has 2 aliphatic heterocycles. The van der Waals surface area contributed by atoms with Crippen LogP contribution in [0.2, 0.25) is 0 Å². The Morgan fingerprint density at radius 2 is 2.00 bits per heavy atom. The third kappa shape index (κ3) is 6.02. The Morgan fingerprint density at radius 1 is 1.21 bits per heavy atom. The molecule has 0 saturated carbocycles. The molecule has 1 aromatic rings. The molecule has 1 N–H and O–H groups in total. The van der Waals surface area contributed by atoms with E-state index in [1.165, 1.54) is 5.56 Å². The predicted molar refractivity (Wildman–Crippen MR) is 106 cm³/mol. The van der Waals surface area contributed by atoms with E-state index in [9.17, 15) is 9.59 Å². The number of hydrogen-bond acceptors (Lipinski definition) is 5. The van der Waals surface area contributed by atoms with Gasteiger partial charge >= 0.3 is 5.97 Å². The minimum Gasteiger partial charge on any atom is -0.480 e. The first-order valence-electron chi connectivity index (χ1n) is 10.1. The van der Waals surface area contributed by atoms with Crippen LogP contribution >= 0.6 is 0 Å². The van der Waals surface area contributed by atoms with Crippen LogP contribution in [-0.4, -0.2) is 90.7 Å². The highest BCUT2D eigenvalue weighted by molar-refractivity contribution is 5.79. The Bertz CT molecular complexity index is 654. The minimum atomic E-state index is -0.855. The molecule has 0 bridgehead atoms. The first-order chi connectivity index (χ1) is 13.5. The molecular formula is C21H31N3O4. The fourth-order valence-corrected chi connectivity index (χ4v) is 4.17. The number of hydrogen-bond donors (Lipinski definition) is 1. The quantitative estimate of drug-likeness (QED) is 0.754. The summed E-state index contributed by atoms with van der Waals surface area (Å²) < 4.78 is 5.76. The van der Waals surface area contributed by atoms with Crippen molar-refractivity contribution in [3.05, 3.63) is 35.9 Å². The second kappa shape index (κ2) is 10.0. The van der Waals surface area contributed by atoms with Gasteiger partial charge < -0.3 is 14.7 Å². The van der Waals surface area contributed by atoms with Gasteiger partial charge in [0.25, 0.3) is 0 Å². The van der Waals surface area contributed by atoms with E-state index in [0.717, 1.165) is 32.5 Å². The van der Waals surface area contributed by atoms with E-state index in [2.05, 4.69) is 29.2 Å². The molecule has 28 heavy (non-hydrogen) atoms. The summed E-state index contributed by atoms with van der Waals surface area (Å²) in [6.45, 7) is 4.88. The normalized spacial score (nSPS) is 23.7. The Kier molecular flexibility index (Phi) is 7.42. The highest BCUT2D eigenvalue weighted by atomic mass is 16.5. The van der Waals surface area contributed by atoms with Gasteiger partial charge in [0.1, 0.15) is 0 Å². The van der Waals surface area contributed by atoms with Gasteiger partial charge in [-0.05, 0) is 32.0 Å². The van der Waals surface area contributed by atoms with Crippen molar-refractivity contribution in [1.29, 1.82) is 0 Å². The maximum absolute atomic E-state index is 13.1. The second-order valence-corrected chi connectivity index (χ2v) is 7.93. The van der Waals surface area contributed by atoms with Gasteiger partial charge in [-0.3, -0.25) is 19.4 Å². The van der Waals surface area contributed by atoms with Crippen LogP contribution in [0.15, 0.2) is 30.3 Å². The molecule has 0 radical (unpaired) electrons. The molecule has 0 aromatic heterocycles. The molecule has 0 aliphatic carbocycles. The minimum absolute atomic E-state index is 0.0229. The van der Waals surface area contributed by atoms with Crippen molar-refractivity contribution in [2.24, 2.45) is 5.92 Å².